The number of alkyl carbamates (subject to hydrolysis) is 1. The van der Waals surface area contributed by atoms with Gasteiger partial charge in [0, 0.05) is 18.7 Å². The second-order valence-electron chi connectivity index (χ2n) is 8.92. The number of phenolic OH excluding ortho intramolecular Hbond substituents is 1. The Morgan fingerprint density at radius 3 is 2.52 bits per heavy atom. The van der Waals surface area contributed by atoms with Gasteiger partial charge in [0.25, 0.3) is 0 Å². The average Bonchev–Trinajstić information content (AvgIpc) is 2.84. The molecule has 1 atom stereocenters. The Morgan fingerprint density at radius 2 is 1.76 bits per heavy atom. The van der Waals surface area contributed by atoms with Gasteiger partial charge in [-0.15, -0.1) is 0 Å². The highest BCUT2D eigenvalue weighted by Gasteiger charge is 2.25. The van der Waals surface area contributed by atoms with Crippen LogP contribution in [0.5, 0.6) is 11.5 Å². The lowest BCUT2D eigenvalue weighted by Gasteiger charge is -2.30. The van der Waals surface area contributed by atoms with Crippen molar-refractivity contribution in [1.29, 1.82) is 0 Å². The predicted molar refractivity (Wildman–Crippen MR) is 131 cm³/mol. The molecule has 0 spiro atoms. The average molecular weight is 455 g/mol. The van der Waals surface area contributed by atoms with E-state index in [1.54, 1.807) is 0 Å². The maximum Gasteiger partial charge on any atom is 0.407 e. The van der Waals surface area contributed by atoms with Gasteiger partial charge in [-0.25, -0.2) is 4.79 Å². The minimum absolute atomic E-state index is 0.172. The van der Waals surface area contributed by atoms with Crippen LogP contribution in [0, 0.1) is 20.8 Å². The Balaban J connectivity index is 1.22. The smallest absolute Gasteiger partial charge is 0.407 e. The molecule has 0 saturated heterocycles. The first-order valence-electron chi connectivity index (χ1n) is 12.1. The van der Waals surface area contributed by atoms with E-state index in [0.717, 1.165) is 85.2 Å². The minimum atomic E-state index is -0.356. The molecule has 1 amide bonds. The Kier molecular flexibility index (Phi) is 9.43. The number of ether oxygens (including phenoxy) is 2. The van der Waals surface area contributed by atoms with Gasteiger partial charge in [0.1, 0.15) is 24.2 Å². The molecule has 2 aromatic carbocycles. The second kappa shape index (κ2) is 12.5. The molecule has 6 nitrogen and oxygen atoms in total. The van der Waals surface area contributed by atoms with Crippen LogP contribution in [-0.4, -0.2) is 36.9 Å². The zero-order chi connectivity index (χ0) is 23.6. The highest BCUT2D eigenvalue weighted by Crippen LogP contribution is 2.40. The number of benzene rings is 2. The molecule has 1 unspecified atom stereocenters. The summed E-state index contributed by atoms with van der Waals surface area (Å²) in [4.78, 5) is 11.7. The SMILES string of the molecule is Cc1c(C)c2c(c(C)c1O)CCC(CNCCCCCCNC(=O)OCc1ccccc1)O2. The van der Waals surface area contributed by atoms with E-state index in [4.69, 9.17) is 9.47 Å². The third-order valence-electron chi connectivity index (χ3n) is 6.48. The number of amides is 1. The van der Waals surface area contributed by atoms with Crippen LogP contribution >= 0.6 is 0 Å². The Morgan fingerprint density at radius 1 is 1.03 bits per heavy atom. The number of rotatable bonds is 11. The van der Waals surface area contributed by atoms with Crippen LogP contribution in [0.25, 0.3) is 0 Å². The summed E-state index contributed by atoms with van der Waals surface area (Å²) < 4.78 is 11.5. The normalized spacial score (nSPS) is 14.9. The predicted octanol–water partition coefficient (Wildman–Crippen LogP) is 5.09. The molecule has 1 aliphatic rings. The zero-order valence-electron chi connectivity index (χ0n) is 20.2. The largest absolute Gasteiger partial charge is 0.507 e. The molecule has 3 rings (SSSR count). The second-order valence-corrected chi connectivity index (χ2v) is 8.92. The van der Waals surface area contributed by atoms with Crippen molar-refractivity contribution >= 4 is 6.09 Å². The van der Waals surface area contributed by atoms with Crippen LogP contribution < -0.4 is 15.4 Å². The van der Waals surface area contributed by atoms with Gasteiger partial charge in [-0.1, -0.05) is 43.2 Å². The topological polar surface area (TPSA) is 79.8 Å². The summed E-state index contributed by atoms with van der Waals surface area (Å²) >= 11 is 0. The summed E-state index contributed by atoms with van der Waals surface area (Å²) in [7, 11) is 0. The first-order valence-corrected chi connectivity index (χ1v) is 12.1. The maximum absolute atomic E-state index is 11.7. The van der Waals surface area contributed by atoms with E-state index in [2.05, 4.69) is 10.6 Å². The van der Waals surface area contributed by atoms with Crippen LogP contribution in [0.3, 0.4) is 0 Å². The molecule has 1 heterocycles. The molecule has 0 fully saturated rings. The van der Waals surface area contributed by atoms with Crippen LogP contribution in [0.1, 0.15) is 59.9 Å². The van der Waals surface area contributed by atoms with Gasteiger partial charge in [0.05, 0.1) is 0 Å². The highest BCUT2D eigenvalue weighted by molar-refractivity contribution is 5.67. The molecular formula is C27H38N2O4. The van der Waals surface area contributed by atoms with Crippen molar-refractivity contribution in [3.05, 3.63) is 58.1 Å². The van der Waals surface area contributed by atoms with Gasteiger partial charge in [-0.2, -0.15) is 0 Å². The van der Waals surface area contributed by atoms with Gasteiger partial charge in [-0.05, 0) is 75.3 Å². The van der Waals surface area contributed by atoms with Gasteiger partial charge >= 0.3 is 6.09 Å². The first-order chi connectivity index (χ1) is 16.0. The lowest BCUT2D eigenvalue weighted by molar-refractivity contribution is 0.139. The van der Waals surface area contributed by atoms with Crippen LogP contribution in [-0.2, 0) is 17.8 Å². The highest BCUT2D eigenvalue weighted by atomic mass is 16.5. The number of hydrogen-bond donors (Lipinski definition) is 3. The molecule has 3 N–H and O–H groups in total. The number of carbonyl (C=O) groups excluding carboxylic acids is 1. The molecule has 33 heavy (non-hydrogen) atoms. The first kappa shape index (κ1) is 24.9. The molecule has 0 bridgehead atoms. The van der Waals surface area contributed by atoms with E-state index < -0.39 is 0 Å². The number of hydrogen-bond acceptors (Lipinski definition) is 5. The molecule has 0 aromatic heterocycles. The monoisotopic (exact) mass is 454 g/mol. The Bertz CT molecular complexity index is 914. The number of carbonyl (C=O) groups is 1. The van der Waals surface area contributed by atoms with Crippen molar-refractivity contribution < 1.29 is 19.4 Å². The van der Waals surface area contributed by atoms with E-state index in [-0.39, 0.29) is 12.2 Å². The van der Waals surface area contributed by atoms with E-state index in [1.165, 1.54) is 0 Å². The molecule has 0 radical (unpaired) electrons. The van der Waals surface area contributed by atoms with E-state index >= 15 is 0 Å². The number of aromatic hydroxyl groups is 1. The molecule has 180 valence electrons. The Hall–Kier alpha value is -2.73. The standard InChI is InChI=1S/C27H38N2O4/c1-19-20(2)26-24(21(3)25(19)30)14-13-23(33-26)17-28-15-9-4-5-10-16-29-27(31)32-18-22-11-7-6-8-12-22/h6-8,11-12,23,28,30H,4-5,9-10,13-18H2,1-3H3,(H,29,31). The summed E-state index contributed by atoms with van der Waals surface area (Å²) in [6, 6.07) is 9.69. The number of fused-ring (bicyclic) bond motifs is 1. The Labute approximate surface area is 197 Å². The van der Waals surface area contributed by atoms with Crippen molar-refractivity contribution in [2.24, 2.45) is 0 Å². The van der Waals surface area contributed by atoms with Crippen LogP contribution in [0.2, 0.25) is 0 Å². The summed E-state index contributed by atoms with van der Waals surface area (Å²) in [6.07, 6.45) is 5.99. The fourth-order valence-corrected chi connectivity index (χ4v) is 4.26. The van der Waals surface area contributed by atoms with E-state index in [0.29, 0.717) is 18.9 Å². The molecule has 2 aromatic rings. The summed E-state index contributed by atoms with van der Waals surface area (Å²) in [6.45, 7) is 8.71. The fourth-order valence-electron chi connectivity index (χ4n) is 4.26. The van der Waals surface area contributed by atoms with Gasteiger partial charge in [0.2, 0.25) is 0 Å². The van der Waals surface area contributed by atoms with Crippen molar-refractivity contribution in [3.63, 3.8) is 0 Å². The van der Waals surface area contributed by atoms with Crippen molar-refractivity contribution in [1.82, 2.24) is 10.6 Å². The van der Waals surface area contributed by atoms with E-state index in [1.807, 2.05) is 51.1 Å². The number of phenols is 1. The molecular weight excluding hydrogens is 416 g/mol. The molecule has 0 aliphatic carbocycles. The van der Waals surface area contributed by atoms with Gasteiger partial charge in [-0.3, -0.25) is 0 Å². The zero-order valence-corrected chi connectivity index (χ0v) is 20.2. The quantitative estimate of drug-likeness (QED) is 0.412. The van der Waals surface area contributed by atoms with Crippen molar-refractivity contribution in [2.75, 3.05) is 19.6 Å². The lowest BCUT2D eigenvalue weighted by atomic mass is 9.91. The van der Waals surface area contributed by atoms with Crippen LogP contribution in [0.4, 0.5) is 4.79 Å². The van der Waals surface area contributed by atoms with E-state index in [9.17, 15) is 9.90 Å². The lowest BCUT2D eigenvalue weighted by Crippen LogP contribution is -2.35. The fraction of sp³-hybridized carbons (Fsp3) is 0.519. The maximum atomic E-state index is 11.7. The van der Waals surface area contributed by atoms with Crippen LogP contribution in [0.15, 0.2) is 30.3 Å². The molecule has 6 heteroatoms. The number of unbranched alkanes of at least 4 members (excludes halogenated alkanes) is 3. The minimum Gasteiger partial charge on any atom is -0.507 e. The van der Waals surface area contributed by atoms with Crippen molar-refractivity contribution in [2.45, 2.75) is 72.0 Å². The third kappa shape index (κ3) is 7.13. The third-order valence-corrected chi connectivity index (χ3v) is 6.48. The molecule has 0 saturated carbocycles. The summed E-state index contributed by atoms with van der Waals surface area (Å²) in [5.41, 5.74) is 5.07. The number of nitrogens with one attached hydrogen (secondary N) is 2. The molecule has 1 aliphatic heterocycles. The summed E-state index contributed by atoms with van der Waals surface area (Å²) in [5, 5.41) is 16.6. The van der Waals surface area contributed by atoms with Gasteiger partial charge < -0.3 is 25.2 Å². The van der Waals surface area contributed by atoms with Gasteiger partial charge in [0.15, 0.2) is 0 Å². The van der Waals surface area contributed by atoms with Crippen molar-refractivity contribution in [3.8, 4) is 11.5 Å². The summed E-state index contributed by atoms with van der Waals surface area (Å²) in [5.74, 6) is 1.38.